The molecule has 3 aromatic carbocycles. The van der Waals surface area contributed by atoms with Gasteiger partial charge in [-0.3, -0.25) is 9.69 Å². The van der Waals surface area contributed by atoms with Crippen LogP contribution in [0.3, 0.4) is 0 Å². The number of nitrogens with zero attached hydrogens (tertiary/aromatic N) is 5. The minimum Gasteiger partial charge on any atom is -0.497 e. The highest BCUT2D eigenvalue weighted by Gasteiger charge is 2.33. The van der Waals surface area contributed by atoms with Gasteiger partial charge < -0.3 is 19.2 Å². The molecule has 0 aliphatic carbocycles. The first-order valence-electron chi connectivity index (χ1n) is 12.8. The van der Waals surface area contributed by atoms with Crippen LogP contribution < -0.4 is 19.8 Å². The quantitative estimate of drug-likeness (QED) is 0.361. The van der Waals surface area contributed by atoms with E-state index in [4.69, 9.17) is 14.2 Å². The van der Waals surface area contributed by atoms with E-state index in [1.165, 1.54) is 11.1 Å². The molecule has 39 heavy (non-hydrogen) atoms. The summed E-state index contributed by atoms with van der Waals surface area (Å²) in [6.45, 7) is 2.06. The number of hydrogen-bond acceptors (Lipinski definition) is 8. The number of ether oxygens (including phenoxy) is 3. The number of benzene rings is 3. The van der Waals surface area contributed by atoms with Crippen LogP contribution in [0.1, 0.15) is 34.1 Å². The topological polar surface area (TPSA) is 107 Å². The molecule has 10 heteroatoms. The number of hydrogen-bond donors (Lipinski definition) is 1. The van der Waals surface area contributed by atoms with Crippen LogP contribution in [-0.2, 0) is 19.5 Å². The fourth-order valence-corrected chi connectivity index (χ4v) is 5.48. The smallest absolute Gasteiger partial charge is 0.253 e. The zero-order chi connectivity index (χ0) is 26.3. The van der Waals surface area contributed by atoms with E-state index >= 15 is 0 Å². The van der Waals surface area contributed by atoms with Gasteiger partial charge in [0.25, 0.3) is 5.56 Å². The number of pyridine rings is 1. The second-order valence-corrected chi connectivity index (χ2v) is 9.78. The highest BCUT2D eigenvalue weighted by atomic mass is 16.7. The summed E-state index contributed by atoms with van der Waals surface area (Å²) in [6.07, 6.45) is 0.872. The van der Waals surface area contributed by atoms with Gasteiger partial charge in [0.05, 0.1) is 19.2 Å². The summed E-state index contributed by atoms with van der Waals surface area (Å²) in [6, 6.07) is 21.4. The third kappa shape index (κ3) is 4.28. The molecule has 0 saturated carbocycles. The Labute approximate surface area is 223 Å². The average molecular weight is 523 g/mol. The average Bonchev–Trinajstić information content (AvgIpc) is 3.62. The molecule has 0 spiro atoms. The summed E-state index contributed by atoms with van der Waals surface area (Å²) in [4.78, 5) is 19.0. The van der Waals surface area contributed by atoms with Crippen molar-refractivity contribution in [1.29, 1.82) is 0 Å². The van der Waals surface area contributed by atoms with E-state index in [2.05, 4.69) is 49.7 Å². The molecule has 0 amide bonds. The number of fused-ring (bicyclic) bond motifs is 3. The monoisotopic (exact) mass is 522 g/mol. The fraction of sp³-hybridized carbons (Fsp3) is 0.241. The number of nitrogens with one attached hydrogen (secondary N) is 1. The Hall–Kier alpha value is -4.70. The number of rotatable bonds is 6. The predicted molar refractivity (Wildman–Crippen MR) is 143 cm³/mol. The van der Waals surface area contributed by atoms with Crippen LogP contribution in [0.15, 0.2) is 71.5 Å². The van der Waals surface area contributed by atoms with Gasteiger partial charge in [-0.2, -0.15) is 0 Å². The van der Waals surface area contributed by atoms with E-state index in [-0.39, 0.29) is 12.4 Å². The number of tetrazole rings is 1. The lowest BCUT2D eigenvalue weighted by molar-refractivity contribution is 0.174. The molecular weight excluding hydrogens is 496 g/mol. The second-order valence-electron chi connectivity index (χ2n) is 9.78. The number of H-pyrrole nitrogens is 1. The van der Waals surface area contributed by atoms with Gasteiger partial charge >= 0.3 is 0 Å². The molecule has 1 atom stereocenters. The summed E-state index contributed by atoms with van der Waals surface area (Å²) < 4.78 is 18.2. The Morgan fingerprint density at radius 2 is 1.82 bits per heavy atom. The number of aromatic nitrogens is 5. The Morgan fingerprint density at radius 1 is 1.03 bits per heavy atom. The molecule has 0 fully saturated rings. The maximum atomic E-state index is 13.7. The van der Waals surface area contributed by atoms with Gasteiger partial charge in [0.2, 0.25) is 6.79 Å². The normalized spacial score (nSPS) is 15.3. The third-order valence-corrected chi connectivity index (χ3v) is 7.48. The Morgan fingerprint density at radius 3 is 2.64 bits per heavy atom. The molecule has 196 valence electrons. The highest BCUT2D eigenvalue weighted by molar-refractivity contribution is 5.83. The molecule has 7 rings (SSSR count). The van der Waals surface area contributed by atoms with Gasteiger partial charge in [-0.25, -0.2) is 4.68 Å². The summed E-state index contributed by atoms with van der Waals surface area (Å²) in [7, 11) is 1.64. The van der Waals surface area contributed by atoms with Crippen molar-refractivity contribution in [2.75, 3.05) is 20.4 Å². The van der Waals surface area contributed by atoms with Crippen molar-refractivity contribution in [2.24, 2.45) is 0 Å². The van der Waals surface area contributed by atoms with Crippen LogP contribution in [0.5, 0.6) is 17.2 Å². The minimum atomic E-state index is -0.467. The zero-order valence-electron chi connectivity index (χ0n) is 21.3. The van der Waals surface area contributed by atoms with E-state index in [1.54, 1.807) is 11.8 Å². The Bertz CT molecular complexity index is 1730. The molecule has 4 heterocycles. The first kappa shape index (κ1) is 23.4. The molecule has 0 bridgehead atoms. The molecular formula is C29H26N6O4. The first-order valence-corrected chi connectivity index (χ1v) is 12.8. The molecule has 1 unspecified atom stereocenters. The van der Waals surface area contributed by atoms with E-state index < -0.39 is 6.04 Å². The van der Waals surface area contributed by atoms with Crippen LogP contribution in [-0.4, -0.2) is 50.5 Å². The van der Waals surface area contributed by atoms with E-state index in [9.17, 15) is 4.79 Å². The number of methoxy groups -OCH3 is 1. The molecule has 1 N–H and O–H groups in total. The van der Waals surface area contributed by atoms with Crippen LogP contribution >= 0.6 is 0 Å². The largest absolute Gasteiger partial charge is 0.497 e. The standard InChI is InChI=1S/C29H26N6O4/c1-37-22-8-6-18(7-9-22)15-35-28(31-32-33-35)27(34-11-10-19-4-2-3-5-20(19)16-34)23-12-21-13-25-26(39-17-38-25)14-24(21)30-29(23)36/h2-9,12-14,27H,10-11,15-17H2,1H3,(H,30,36). The SMILES string of the molecule is COc1ccc(Cn2nnnc2C(c2cc3cc4c(cc3[nH]c2=O)OCO4)N2CCc3ccccc3C2)cc1. The summed E-state index contributed by atoms with van der Waals surface area (Å²) in [5.74, 6) is 2.67. The van der Waals surface area contributed by atoms with Crippen LogP contribution in [0, 0.1) is 0 Å². The molecule has 2 aliphatic rings. The van der Waals surface area contributed by atoms with Gasteiger partial charge in [0.15, 0.2) is 17.3 Å². The summed E-state index contributed by atoms with van der Waals surface area (Å²) in [5, 5.41) is 13.7. The zero-order valence-corrected chi connectivity index (χ0v) is 21.3. The molecule has 2 aromatic heterocycles. The molecule has 0 saturated heterocycles. The van der Waals surface area contributed by atoms with Crippen molar-refractivity contribution in [3.63, 3.8) is 0 Å². The third-order valence-electron chi connectivity index (χ3n) is 7.48. The summed E-state index contributed by atoms with van der Waals surface area (Å²) >= 11 is 0. The Balaban J connectivity index is 1.34. The lowest BCUT2D eigenvalue weighted by atomic mass is 9.96. The lowest BCUT2D eigenvalue weighted by Gasteiger charge is -2.34. The predicted octanol–water partition coefficient (Wildman–Crippen LogP) is 3.45. The van der Waals surface area contributed by atoms with Crippen molar-refractivity contribution < 1.29 is 14.2 Å². The van der Waals surface area contributed by atoms with E-state index in [0.29, 0.717) is 41.5 Å². The van der Waals surface area contributed by atoms with Crippen molar-refractivity contribution in [3.8, 4) is 17.2 Å². The van der Waals surface area contributed by atoms with Gasteiger partial charge in [0, 0.05) is 30.1 Å². The van der Waals surface area contributed by atoms with Gasteiger partial charge in [-0.05, 0) is 57.8 Å². The van der Waals surface area contributed by atoms with E-state index in [0.717, 1.165) is 29.7 Å². The fourth-order valence-electron chi connectivity index (χ4n) is 5.48. The maximum Gasteiger partial charge on any atom is 0.253 e. The highest BCUT2D eigenvalue weighted by Crippen LogP contribution is 2.37. The summed E-state index contributed by atoms with van der Waals surface area (Å²) in [5.41, 5.74) is 4.66. The molecule has 2 aliphatic heterocycles. The van der Waals surface area contributed by atoms with Crippen molar-refractivity contribution in [1.82, 2.24) is 30.1 Å². The lowest BCUT2D eigenvalue weighted by Crippen LogP contribution is -2.38. The Kier molecular flexibility index (Phi) is 5.74. The number of aromatic amines is 1. The van der Waals surface area contributed by atoms with Gasteiger partial charge in [-0.15, -0.1) is 5.10 Å². The van der Waals surface area contributed by atoms with E-state index in [1.807, 2.05) is 42.5 Å². The van der Waals surface area contributed by atoms with Gasteiger partial charge in [-0.1, -0.05) is 36.4 Å². The molecule has 0 radical (unpaired) electrons. The van der Waals surface area contributed by atoms with Crippen LogP contribution in [0.2, 0.25) is 0 Å². The van der Waals surface area contributed by atoms with Crippen LogP contribution in [0.4, 0.5) is 0 Å². The van der Waals surface area contributed by atoms with Crippen molar-refractivity contribution in [2.45, 2.75) is 25.6 Å². The molecule has 5 aromatic rings. The van der Waals surface area contributed by atoms with Crippen molar-refractivity contribution >= 4 is 10.9 Å². The first-order chi connectivity index (χ1) is 19.2. The van der Waals surface area contributed by atoms with Crippen LogP contribution in [0.25, 0.3) is 10.9 Å². The van der Waals surface area contributed by atoms with Crippen molar-refractivity contribution in [3.05, 3.63) is 105 Å². The van der Waals surface area contributed by atoms with Gasteiger partial charge in [0.1, 0.15) is 11.8 Å². The minimum absolute atomic E-state index is 0.165. The molecule has 10 nitrogen and oxygen atoms in total. The second kappa shape index (κ2) is 9.55. The maximum absolute atomic E-state index is 13.7.